The van der Waals surface area contributed by atoms with Crippen molar-refractivity contribution in [1.82, 2.24) is 5.32 Å². The minimum atomic E-state index is -2.83. The Hall–Kier alpha value is -1.20. The lowest BCUT2D eigenvalue weighted by molar-refractivity contribution is -0.0505. The molecule has 96 valence electrons. The average molecular weight is 245 g/mol. The number of hydrogen-bond acceptors (Lipinski definition) is 3. The molecule has 0 unspecified atom stereocenters. The number of benzene rings is 1. The van der Waals surface area contributed by atoms with Gasteiger partial charge in [-0.1, -0.05) is 18.2 Å². The molecule has 0 radical (unpaired) electrons. The molecule has 0 saturated heterocycles. The topological polar surface area (TPSA) is 41.5 Å². The zero-order valence-corrected chi connectivity index (χ0v) is 9.91. The molecule has 0 saturated carbocycles. The number of alkyl halides is 2. The molecule has 0 bridgehead atoms. The summed E-state index contributed by atoms with van der Waals surface area (Å²) in [6.45, 7) is 1.25. The molecule has 0 heterocycles. The second-order valence-electron chi connectivity index (χ2n) is 4.40. The van der Waals surface area contributed by atoms with Crippen LogP contribution in [0, 0.1) is 0 Å². The van der Waals surface area contributed by atoms with Crippen LogP contribution in [-0.4, -0.2) is 23.9 Å². The maximum atomic E-state index is 12.1. The van der Waals surface area contributed by atoms with Gasteiger partial charge in [0, 0.05) is 18.7 Å². The molecule has 0 fully saturated rings. The molecule has 5 heteroatoms. The summed E-state index contributed by atoms with van der Waals surface area (Å²) in [4.78, 5) is 0. The third-order valence-corrected chi connectivity index (χ3v) is 2.06. The summed E-state index contributed by atoms with van der Waals surface area (Å²) in [6.07, 6.45) is 0. The van der Waals surface area contributed by atoms with Crippen LogP contribution >= 0.6 is 0 Å². The largest absolute Gasteiger partial charge is 0.434 e. The number of hydrogen-bond donors (Lipinski definition) is 2. The molecule has 0 spiro atoms. The number of para-hydroxylation sites is 1. The van der Waals surface area contributed by atoms with E-state index in [0.717, 1.165) is 0 Å². The molecule has 0 atom stereocenters. The highest BCUT2D eigenvalue weighted by atomic mass is 19.3. The molecule has 0 aliphatic carbocycles. The second-order valence-corrected chi connectivity index (χ2v) is 4.40. The van der Waals surface area contributed by atoms with Crippen LogP contribution < -0.4 is 10.1 Å². The van der Waals surface area contributed by atoms with Crippen molar-refractivity contribution in [3.8, 4) is 5.75 Å². The monoisotopic (exact) mass is 245 g/mol. The van der Waals surface area contributed by atoms with Crippen LogP contribution in [0.3, 0.4) is 0 Å². The number of ether oxygens (including phenoxy) is 1. The van der Waals surface area contributed by atoms with E-state index >= 15 is 0 Å². The predicted molar refractivity (Wildman–Crippen MR) is 61.1 cm³/mol. The number of halogens is 2. The van der Waals surface area contributed by atoms with E-state index in [9.17, 15) is 13.9 Å². The minimum Gasteiger partial charge on any atom is -0.434 e. The third kappa shape index (κ3) is 5.60. The van der Waals surface area contributed by atoms with E-state index < -0.39 is 12.2 Å². The van der Waals surface area contributed by atoms with Crippen molar-refractivity contribution in [1.29, 1.82) is 0 Å². The molecular weight excluding hydrogens is 228 g/mol. The SMILES string of the molecule is CC(C)(O)CNCc1ccccc1OC(F)F. The van der Waals surface area contributed by atoms with Crippen molar-refractivity contribution in [3.05, 3.63) is 29.8 Å². The summed E-state index contributed by atoms with van der Waals surface area (Å²) < 4.78 is 28.7. The van der Waals surface area contributed by atoms with Gasteiger partial charge in [-0.15, -0.1) is 0 Å². The van der Waals surface area contributed by atoms with Gasteiger partial charge in [0.25, 0.3) is 0 Å². The molecule has 0 aromatic heterocycles. The lowest BCUT2D eigenvalue weighted by atomic mass is 10.1. The smallest absolute Gasteiger partial charge is 0.387 e. The van der Waals surface area contributed by atoms with Gasteiger partial charge >= 0.3 is 6.61 Å². The highest BCUT2D eigenvalue weighted by molar-refractivity contribution is 5.33. The van der Waals surface area contributed by atoms with E-state index in [4.69, 9.17) is 0 Å². The first-order chi connectivity index (χ1) is 7.88. The standard InChI is InChI=1S/C12H17F2NO2/c1-12(2,16)8-15-7-9-5-3-4-6-10(9)17-11(13)14/h3-6,11,15-16H,7-8H2,1-2H3. The first-order valence-electron chi connectivity index (χ1n) is 5.34. The van der Waals surface area contributed by atoms with Crippen LogP contribution in [0.5, 0.6) is 5.75 Å². The van der Waals surface area contributed by atoms with Gasteiger partial charge in [-0.2, -0.15) is 8.78 Å². The van der Waals surface area contributed by atoms with Crippen LogP contribution in [0.25, 0.3) is 0 Å². The molecule has 0 aliphatic heterocycles. The molecule has 1 aromatic rings. The van der Waals surface area contributed by atoms with E-state index in [-0.39, 0.29) is 5.75 Å². The van der Waals surface area contributed by atoms with Gasteiger partial charge in [-0.3, -0.25) is 0 Å². The first-order valence-corrected chi connectivity index (χ1v) is 5.34. The van der Waals surface area contributed by atoms with Gasteiger partial charge in [0.15, 0.2) is 0 Å². The van der Waals surface area contributed by atoms with Crippen LogP contribution in [0.15, 0.2) is 24.3 Å². The van der Waals surface area contributed by atoms with E-state index in [2.05, 4.69) is 10.1 Å². The number of rotatable bonds is 6. The Morgan fingerprint density at radius 1 is 1.35 bits per heavy atom. The highest BCUT2D eigenvalue weighted by Gasteiger charge is 2.13. The summed E-state index contributed by atoms with van der Waals surface area (Å²) in [7, 11) is 0. The maximum Gasteiger partial charge on any atom is 0.387 e. The van der Waals surface area contributed by atoms with Gasteiger partial charge in [-0.25, -0.2) is 0 Å². The Bertz CT molecular complexity index is 351. The zero-order chi connectivity index (χ0) is 12.9. The fourth-order valence-electron chi connectivity index (χ4n) is 1.36. The summed E-state index contributed by atoms with van der Waals surface area (Å²) in [5, 5.41) is 12.5. The summed E-state index contributed by atoms with van der Waals surface area (Å²) in [5.74, 6) is 0.158. The van der Waals surface area contributed by atoms with Crippen molar-refractivity contribution in [2.24, 2.45) is 0 Å². The van der Waals surface area contributed by atoms with Crippen LogP contribution in [-0.2, 0) is 6.54 Å². The molecule has 1 aromatic carbocycles. The zero-order valence-electron chi connectivity index (χ0n) is 9.91. The van der Waals surface area contributed by atoms with Crippen molar-refractivity contribution < 1.29 is 18.6 Å². The Morgan fingerprint density at radius 3 is 2.59 bits per heavy atom. The lowest BCUT2D eigenvalue weighted by Gasteiger charge is -2.18. The highest BCUT2D eigenvalue weighted by Crippen LogP contribution is 2.19. The van der Waals surface area contributed by atoms with Gasteiger partial charge in [0.2, 0.25) is 0 Å². The van der Waals surface area contributed by atoms with Crippen molar-refractivity contribution in [3.63, 3.8) is 0 Å². The first kappa shape index (κ1) is 13.9. The fourth-order valence-corrected chi connectivity index (χ4v) is 1.36. The Morgan fingerprint density at radius 2 is 2.00 bits per heavy atom. The normalized spacial score (nSPS) is 11.9. The Labute approximate surface area is 99.4 Å². The second kappa shape index (κ2) is 5.93. The fraction of sp³-hybridized carbons (Fsp3) is 0.500. The van der Waals surface area contributed by atoms with Crippen molar-refractivity contribution in [2.75, 3.05) is 6.54 Å². The summed E-state index contributed by atoms with van der Waals surface area (Å²) in [5.41, 5.74) is -0.199. The van der Waals surface area contributed by atoms with E-state index in [1.165, 1.54) is 6.07 Å². The molecule has 2 N–H and O–H groups in total. The van der Waals surface area contributed by atoms with Crippen LogP contribution in [0.4, 0.5) is 8.78 Å². The summed E-state index contributed by atoms with van der Waals surface area (Å²) in [6, 6.07) is 6.58. The number of aliphatic hydroxyl groups is 1. The van der Waals surface area contributed by atoms with E-state index in [0.29, 0.717) is 18.7 Å². The molecular formula is C12H17F2NO2. The van der Waals surface area contributed by atoms with E-state index in [1.54, 1.807) is 32.0 Å². The maximum absolute atomic E-state index is 12.1. The van der Waals surface area contributed by atoms with Gasteiger partial charge < -0.3 is 15.2 Å². The van der Waals surface area contributed by atoms with E-state index in [1.807, 2.05) is 0 Å². The molecule has 3 nitrogen and oxygen atoms in total. The molecule has 17 heavy (non-hydrogen) atoms. The summed E-state index contributed by atoms with van der Waals surface area (Å²) >= 11 is 0. The van der Waals surface area contributed by atoms with Gasteiger partial charge in [-0.05, 0) is 19.9 Å². The molecule has 0 aliphatic rings. The van der Waals surface area contributed by atoms with Crippen LogP contribution in [0.2, 0.25) is 0 Å². The molecule has 1 rings (SSSR count). The number of nitrogens with one attached hydrogen (secondary N) is 1. The lowest BCUT2D eigenvalue weighted by Crippen LogP contribution is -2.34. The predicted octanol–water partition coefficient (Wildman–Crippen LogP) is 2.15. The van der Waals surface area contributed by atoms with Gasteiger partial charge in [0.1, 0.15) is 5.75 Å². The minimum absolute atomic E-state index is 0.158. The average Bonchev–Trinajstić information content (AvgIpc) is 2.18. The van der Waals surface area contributed by atoms with Crippen LogP contribution in [0.1, 0.15) is 19.4 Å². The quantitative estimate of drug-likeness (QED) is 0.807. The van der Waals surface area contributed by atoms with Crippen molar-refractivity contribution >= 4 is 0 Å². The van der Waals surface area contributed by atoms with Crippen molar-refractivity contribution in [2.45, 2.75) is 32.6 Å². The van der Waals surface area contributed by atoms with Gasteiger partial charge in [0.05, 0.1) is 5.60 Å². The molecule has 0 amide bonds. The Kier molecular flexibility index (Phi) is 4.84. The third-order valence-electron chi connectivity index (χ3n) is 2.06. The Balaban J connectivity index is 2.58.